The van der Waals surface area contributed by atoms with E-state index in [4.69, 9.17) is 4.42 Å². The molecule has 19 heavy (non-hydrogen) atoms. The van der Waals surface area contributed by atoms with Crippen LogP contribution in [0.5, 0.6) is 5.75 Å². The van der Waals surface area contributed by atoms with Gasteiger partial charge in [0.05, 0.1) is 0 Å². The van der Waals surface area contributed by atoms with E-state index in [0.717, 1.165) is 25.7 Å². The zero-order valence-corrected chi connectivity index (χ0v) is 11.7. The van der Waals surface area contributed by atoms with Crippen molar-refractivity contribution in [2.45, 2.75) is 58.8 Å². The van der Waals surface area contributed by atoms with Crippen molar-refractivity contribution in [3.8, 4) is 5.75 Å². The van der Waals surface area contributed by atoms with Gasteiger partial charge in [0.25, 0.3) is 0 Å². The Bertz CT molecular complexity index is 474. The molecule has 106 valence electrons. The van der Waals surface area contributed by atoms with Crippen molar-refractivity contribution in [1.29, 1.82) is 0 Å². The largest absolute Gasteiger partial charge is 0.507 e. The first-order chi connectivity index (χ1) is 9.10. The molecule has 0 radical (unpaired) electrons. The third kappa shape index (κ3) is 4.54. The number of ketones is 1. The standard InChI is InChI=1S/C15H22O4/c1-3-5-7-8-11-10-13(17)14(15(18)19-11)12(16)9-6-4-2/h10,17H,3-9H2,1-2H3. The minimum atomic E-state index is -0.715. The first kappa shape index (κ1) is 15.5. The molecule has 4 heteroatoms. The highest BCUT2D eigenvalue weighted by atomic mass is 16.4. The van der Waals surface area contributed by atoms with Gasteiger partial charge in [0.2, 0.25) is 0 Å². The number of unbranched alkanes of at least 4 members (excludes halogenated alkanes) is 3. The van der Waals surface area contributed by atoms with Gasteiger partial charge >= 0.3 is 5.63 Å². The number of hydrogen-bond acceptors (Lipinski definition) is 4. The fourth-order valence-corrected chi connectivity index (χ4v) is 1.92. The molecule has 0 unspecified atom stereocenters. The van der Waals surface area contributed by atoms with Gasteiger partial charge in [-0.15, -0.1) is 0 Å². The minimum absolute atomic E-state index is 0.201. The number of hydrogen-bond donors (Lipinski definition) is 1. The summed E-state index contributed by atoms with van der Waals surface area (Å²) in [4.78, 5) is 23.5. The lowest BCUT2D eigenvalue weighted by molar-refractivity contribution is 0.0972. The highest BCUT2D eigenvalue weighted by Crippen LogP contribution is 2.19. The second kappa shape index (κ2) is 7.77. The smallest absolute Gasteiger partial charge is 0.350 e. The summed E-state index contributed by atoms with van der Waals surface area (Å²) in [6, 6.07) is 1.40. The molecule has 0 saturated heterocycles. The van der Waals surface area contributed by atoms with Gasteiger partial charge in [-0.25, -0.2) is 4.79 Å². The van der Waals surface area contributed by atoms with Crippen molar-refractivity contribution in [2.75, 3.05) is 0 Å². The van der Waals surface area contributed by atoms with Crippen LogP contribution in [0.15, 0.2) is 15.3 Å². The molecule has 1 aromatic rings. The molecule has 0 fully saturated rings. The van der Waals surface area contributed by atoms with Crippen LogP contribution in [0.3, 0.4) is 0 Å². The molecule has 0 aromatic carbocycles. The van der Waals surface area contributed by atoms with Crippen molar-refractivity contribution in [3.05, 3.63) is 27.8 Å². The minimum Gasteiger partial charge on any atom is -0.507 e. The Labute approximate surface area is 113 Å². The third-order valence-corrected chi connectivity index (χ3v) is 3.04. The fraction of sp³-hybridized carbons (Fsp3) is 0.600. The van der Waals surface area contributed by atoms with Crippen LogP contribution in [0.25, 0.3) is 0 Å². The summed E-state index contributed by atoms with van der Waals surface area (Å²) in [5.41, 5.74) is -0.916. The Morgan fingerprint density at radius 3 is 2.47 bits per heavy atom. The molecular formula is C15H22O4. The molecule has 0 saturated carbocycles. The van der Waals surface area contributed by atoms with Gasteiger partial charge in [-0.3, -0.25) is 4.79 Å². The van der Waals surface area contributed by atoms with E-state index < -0.39 is 5.63 Å². The van der Waals surface area contributed by atoms with E-state index in [2.05, 4.69) is 6.92 Å². The lowest BCUT2D eigenvalue weighted by atomic mass is 10.1. The normalized spacial score (nSPS) is 10.6. The number of aromatic hydroxyl groups is 1. The van der Waals surface area contributed by atoms with Gasteiger partial charge in [-0.05, 0) is 12.8 Å². The van der Waals surface area contributed by atoms with E-state index in [1.807, 2.05) is 6.92 Å². The molecule has 1 aromatic heterocycles. The van der Waals surface area contributed by atoms with Gasteiger partial charge in [-0.2, -0.15) is 0 Å². The molecule has 0 spiro atoms. The number of carbonyl (C=O) groups is 1. The highest BCUT2D eigenvalue weighted by Gasteiger charge is 2.18. The van der Waals surface area contributed by atoms with Gasteiger partial charge in [0.15, 0.2) is 5.78 Å². The van der Waals surface area contributed by atoms with Crippen LogP contribution < -0.4 is 5.63 Å². The maximum atomic E-state index is 11.8. The molecule has 0 atom stereocenters. The van der Waals surface area contributed by atoms with E-state index in [0.29, 0.717) is 18.6 Å². The molecule has 0 bridgehead atoms. The van der Waals surface area contributed by atoms with Crippen molar-refractivity contribution in [2.24, 2.45) is 0 Å². The van der Waals surface area contributed by atoms with Crippen LogP contribution in [-0.4, -0.2) is 10.9 Å². The summed E-state index contributed by atoms with van der Waals surface area (Å²) in [5.74, 6) is -0.139. The third-order valence-electron chi connectivity index (χ3n) is 3.04. The predicted octanol–water partition coefficient (Wildman–Crippen LogP) is 3.45. The molecule has 4 nitrogen and oxygen atoms in total. The molecule has 0 aliphatic carbocycles. The average molecular weight is 266 g/mol. The van der Waals surface area contributed by atoms with E-state index in [1.54, 1.807) is 0 Å². The van der Waals surface area contributed by atoms with Crippen LogP contribution in [0.2, 0.25) is 0 Å². The molecular weight excluding hydrogens is 244 g/mol. The first-order valence-corrected chi connectivity index (χ1v) is 6.99. The quantitative estimate of drug-likeness (QED) is 0.578. The summed E-state index contributed by atoms with van der Waals surface area (Å²) in [6.07, 6.45) is 5.47. The average Bonchev–Trinajstić information content (AvgIpc) is 2.36. The van der Waals surface area contributed by atoms with Crippen LogP contribution in [0.1, 0.15) is 68.5 Å². The lowest BCUT2D eigenvalue weighted by Crippen LogP contribution is -2.15. The summed E-state index contributed by atoms with van der Waals surface area (Å²) < 4.78 is 5.10. The molecule has 1 heterocycles. The maximum Gasteiger partial charge on any atom is 0.350 e. The fourth-order valence-electron chi connectivity index (χ4n) is 1.92. The Morgan fingerprint density at radius 2 is 1.89 bits per heavy atom. The number of rotatable bonds is 8. The number of aryl methyl sites for hydroxylation is 1. The van der Waals surface area contributed by atoms with Crippen molar-refractivity contribution in [1.82, 2.24) is 0 Å². The lowest BCUT2D eigenvalue weighted by Gasteiger charge is -2.04. The molecule has 0 aliphatic heterocycles. The Balaban J connectivity index is 2.85. The SMILES string of the molecule is CCCCCc1cc(O)c(C(=O)CCCC)c(=O)o1. The van der Waals surface area contributed by atoms with Crippen molar-refractivity contribution in [3.63, 3.8) is 0 Å². The monoisotopic (exact) mass is 266 g/mol. The Kier molecular flexibility index (Phi) is 6.33. The molecule has 1 N–H and O–H groups in total. The summed E-state index contributed by atoms with van der Waals surface area (Å²) in [6.45, 7) is 4.05. The Hall–Kier alpha value is -1.58. The van der Waals surface area contributed by atoms with Gasteiger partial charge < -0.3 is 9.52 Å². The van der Waals surface area contributed by atoms with Crippen LogP contribution in [0.4, 0.5) is 0 Å². The van der Waals surface area contributed by atoms with Gasteiger partial charge in [0, 0.05) is 18.9 Å². The number of Topliss-reactive ketones (excluding diaryl/α,β-unsaturated/α-hetero) is 1. The van der Waals surface area contributed by atoms with Crippen molar-refractivity contribution < 1.29 is 14.3 Å². The van der Waals surface area contributed by atoms with E-state index >= 15 is 0 Å². The summed E-state index contributed by atoms with van der Waals surface area (Å²) in [5, 5.41) is 9.82. The molecule has 0 aliphatic rings. The van der Waals surface area contributed by atoms with Crippen LogP contribution in [-0.2, 0) is 6.42 Å². The van der Waals surface area contributed by atoms with Crippen LogP contribution >= 0.6 is 0 Å². The number of carbonyl (C=O) groups excluding carboxylic acids is 1. The second-order valence-electron chi connectivity index (χ2n) is 4.74. The second-order valence-corrected chi connectivity index (χ2v) is 4.74. The first-order valence-electron chi connectivity index (χ1n) is 6.99. The topological polar surface area (TPSA) is 67.5 Å². The highest BCUT2D eigenvalue weighted by molar-refractivity contribution is 5.97. The summed E-state index contributed by atoms with van der Waals surface area (Å²) in [7, 11) is 0. The predicted molar refractivity (Wildman–Crippen MR) is 73.7 cm³/mol. The van der Waals surface area contributed by atoms with E-state index in [9.17, 15) is 14.7 Å². The van der Waals surface area contributed by atoms with Gasteiger partial charge in [-0.1, -0.05) is 33.1 Å². The zero-order valence-electron chi connectivity index (χ0n) is 11.7. The maximum absolute atomic E-state index is 11.8. The van der Waals surface area contributed by atoms with E-state index in [-0.39, 0.29) is 23.5 Å². The zero-order chi connectivity index (χ0) is 14.3. The molecule has 1 rings (SSSR count). The molecule has 0 amide bonds. The van der Waals surface area contributed by atoms with Crippen LogP contribution in [0, 0.1) is 0 Å². The Morgan fingerprint density at radius 1 is 1.21 bits per heavy atom. The van der Waals surface area contributed by atoms with Crippen molar-refractivity contribution >= 4 is 5.78 Å². The summed E-state index contributed by atoms with van der Waals surface area (Å²) >= 11 is 0. The van der Waals surface area contributed by atoms with Gasteiger partial charge in [0.1, 0.15) is 17.1 Å². The van der Waals surface area contributed by atoms with E-state index in [1.165, 1.54) is 6.07 Å².